The molecule has 1 unspecified atom stereocenters. The fraction of sp³-hybridized carbons (Fsp3) is 0.533. The number of halogens is 1. The molecule has 0 aliphatic heterocycles. The van der Waals surface area contributed by atoms with E-state index in [9.17, 15) is 9.18 Å². The van der Waals surface area contributed by atoms with E-state index in [-0.39, 0.29) is 22.5 Å². The van der Waals surface area contributed by atoms with E-state index in [1.165, 1.54) is 12.1 Å². The first-order chi connectivity index (χ1) is 8.70. The van der Waals surface area contributed by atoms with Crippen LogP contribution in [0.15, 0.2) is 24.3 Å². The molecule has 4 heteroatoms. The minimum absolute atomic E-state index is 0.0475. The summed E-state index contributed by atoms with van der Waals surface area (Å²) < 4.78 is 13.0. The summed E-state index contributed by atoms with van der Waals surface area (Å²) in [5, 5.41) is 0. The minimum atomic E-state index is -0.256. The third kappa shape index (κ3) is 5.23. The Labute approximate surface area is 119 Å². The van der Waals surface area contributed by atoms with Crippen LogP contribution in [0.4, 0.5) is 4.39 Å². The number of carbonyl (C=O) groups excluding carboxylic acids is 1. The number of amides is 1. The number of rotatable bonds is 4. The molecule has 0 aliphatic rings. The summed E-state index contributed by atoms with van der Waals surface area (Å²) in [6, 6.07) is 6.25. The summed E-state index contributed by atoms with van der Waals surface area (Å²) in [7, 11) is 1.79. The maximum absolute atomic E-state index is 12.9. The van der Waals surface area contributed by atoms with Crippen LogP contribution in [-0.4, -0.2) is 28.4 Å². The maximum atomic E-state index is 12.9. The molecule has 1 atom stereocenters. The van der Waals surface area contributed by atoms with Gasteiger partial charge in [0.05, 0.1) is 11.8 Å². The SMILES string of the molecule is CC(c1ccc(F)cc1)N(C)C(=O)CSC(C)(C)C. The molecule has 1 aromatic rings. The second-order valence-corrected chi connectivity index (χ2v) is 7.44. The highest BCUT2D eigenvalue weighted by atomic mass is 32.2. The van der Waals surface area contributed by atoms with Crippen molar-refractivity contribution in [2.75, 3.05) is 12.8 Å². The molecule has 0 saturated carbocycles. The largest absolute Gasteiger partial charge is 0.338 e. The van der Waals surface area contributed by atoms with Crippen LogP contribution in [-0.2, 0) is 4.79 Å². The molecule has 0 bridgehead atoms. The highest BCUT2D eigenvalue weighted by Gasteiger charge is 2.20. The third-order valence-electron chi connectivity index (χ3n) is 2.96. The van der Waals surface area contributed by atoms with Crippen molar-refractivity contribution in [3.8, 4) is 0 Å². The lowest BCUT2D eigenvalue weighted by molar-refractivity contribution is -0.128. The van der Waals surface area contributed by atoms with Gasteiger partial charge in [0.2, 0.25) is 5.91 Å². The van der Waals surface area contributed by atoms with Crippen LogP contribution in [0.1, 0.15) is 39.3 Å². The average Bonchev–Trinajstić information content (AvgIpc) is 2.34. The predicted molar refractivity (Wildman–Crippen MR) is 79.8 cm³/mol. The van der Waals surface area contributed by atoms with Gasteiger partial charge in [0.15, 0.2) is 0 Å². The van der Waals surface area contributed by atoms with E-state index < -0.39 is 0 Å². The summed E-state index contributed by atoms with van der Waals surface area (Å²) in [6.07, 6.45) is 0. The van der Waals surface area contributed by atoms with Crippen LogP contribution in [0.2, 0.25) is 0 Å². The lowest BCUT2D eigenvalue weighted by Crippen LogP contribution is -2.32. The predicted octanol–water partition coefficient (Wildman–Crippen LogP) is 3.88. The maximum Gasteiger partial charge on any atom is 0.232 e. The Balaban J connectivity index is 2.63. The van der Waals surface area contributed by atoms with Gasteiger partial charge in [0, 0.05) is 11.8 Å². The van der Waals surface area contributed by atoms with Gasteiger partial charge in [-0.1, -0.05) is 32.9 Å². The van der Waals surface area contributed by atoms with Gasteiger partial charge >= 0.3 is 0 Å². The number of hydrogen-bond donors (Lipinski definition) is 0. The number of nitrogens with zero attached hydrogens (tertiary/aromatic N) is 1. The summed E-state index contributed by atoms with van der Waals surface area (Å²) in [6.45, 7) is 8.23. The van der Waals surface area contributed by atoms with Gasteiger partial charge in [0.1, 0.15) is 5.82 Å². The summed E-state index contributed by atoms with van der Waals surface area (Å²) >= 11 is 1.63. The Hall–Kier alpha value is -1.03. The van der Waals surface area contributed by atoms with Crippen LogP contribution in [0, 0.1) is 5.82 Å². The van der Waals surface area contributed by atoms with Crippen molar-refractivity contribution in [1.82, 2.24) is 4.90 Å². The second kappa shape index (κ2) is 6.42. The lowest BCUT2D eigenvalue weighted by atomic mass is 10.1. The fourth-order valence-electron chi connectivity index (χ4n) is 1.56. The Bertz CT molecular complexity index is 425. The molecular weight excluding hydrogens is 261 g/mol. The highest BCUT2D eigenvalue weighted by Crippen LogP contribution is 2.25. The van der Waals surface area contributed by atoms with E-state index in [0.29, 0.717) is 5.75 Å². The number of carbonyl (C=O) groups is 1. The van der Waals surface area contributed by atoms with Gasteiger partial charge < -0.3 is 4.90 Å². The average molecular weight is 283 g/mol. The first-order valence-corrected chi connectivity index (χ1v) is 7.34. The zero-order chi connectivity index (χ0) is 14.6. The zero-order valence-corrected chi connectivity index (χ0v) is 13.1. The number of hydrogen-bond acceptors (Lipinski definition) is 2. The fourth-order valence-corrected chi connectivity index (χ4v) is 2.32. The normalized spacial score (nSPS) is 13.2. The first-order valence-electron chi connectivity index (χ1n) is 6.36. The molecule has 0 N–H and O–H groups in total. The van der Waals surface area contributed by atoms with Crippen molar-refractivity contribution in [2.24, 2.45) is 0 Å². The molecule has 0 saturated heterocycles. The van der Waals surface area contributed by atoms with Gasteiger partial charge in [-0.2, -0.15) is 0 Å². The van der Waals surface area contributed by atoms with Crippen LogP contribution in [0.5, 0.6) is 0 Å². The van der Waals surface area contributed by atoms with Crippen LogP contribution in [0.3, 0.4) is 0 Å². The van der Waals surface area contributed by atoms with E-state index in [1.807, 2.05) is 6.92 Å². The van der Waals surface area contributed by atoms with Crippen molar-refractivity contribution < 1.29 is 9.18 Å². The van der Waals surface area contributed by atoms with Gasteiger partial charge in [0.25, 0.3) is 0 Å². The molecule has 0 aliphatic carbocycles. The van der Waals surface area contributed by atoms with E-state index in [0.717, 1.165) is 5.56 Å². The van der Waals surface area contributed by atoms with Crippen molar-refractivity contribution in [3.05, 3.63) is 35.6 Å². The molecule has 0 spiro atoms. The smallest absolute Gasteiger partial charge is 0.232 e. The number of thioether (sulfide) groups is 1. The topological polar surface area (TPSA) is 20.3 Å². The lowest BCUT2D eigenvalue weighted by Gasteiger charge is -2.27. The van der Waals surface area contributed by atoms with Crippen molar-refractivity contribution in [1.29, 1.82) is 0 Å². The van der Waals surface area contributed by atoms with E-state index in [2.05, 4.69) is 20.8 Å². The molecule has 106 valence electrons. The summed E-state index contributed by atoms with van der Waals surface area (Å²) in [5.41, 5.74) is 0.943. The van der Waals surface area contributed by atoms with Gasteiger partial charge in [-0.05, 0) is 24.6 Å². The van der Waals surface area contributed by atoms with Crippen LogP contribution < -0.4 is 0 Å². The van der Waals surface area contributed by atoms with Crippen LogP contribution in [0.25, 0.3) is 0 Å². The molecule has 0 heterocycles. The summed E-state index contributed by atoms with van der Waals surface area (Å²) in [4.78, 5) is 13.8. The van der Waals surface area contributed by atoms with Crippen molar-refractivity contribution in [2.45, 2.75) is 38.5 Å². The number of benzene rings is 1. The molecule has 0 fully saturated rings. The van der Waals surface area contributed by atoms with Gasteiger partial charge in [-0.15, -0.1) is 11.8 Å². The Morgan fingerprint density at radius 2 is 1.84 bits per heavy atom. The minimum Gasteiger partial charge on any atom is -0.338 e. The molecule has 1 rings (SSSR count). The Morgan fingerprint density at radius 1 is 1.32 bits per heavy atom. The zero-order valence-electron chi connectivity index (χ0n) is 12.2. The van der Waals surface area contributed by atoms with Crippen molar-refractivity contribution >= 4 is 17.7 Å². The quantitative estimate of drug-likeness (QED) is 0.836. The molecule has 1 aromatic carbocycles. The molecule has 19 heavy (non-hydrogen) atoms. The molecular formula is C15H22FNOS. The van der Waals surface area contributed by atoms with Gasteiger partial charge in [-0.25, -0.2) is 4.39 Å². The Kier molecular flexibility index (Phi) is 5.41. The molecule has 2 nitrogen and oxygen atoms in total. The standard InChI is InChI=1S/C15H22FNOS/c1-11(12-6-8-13(16)9-7-12)17(5)14(18)10-19-15(2,3)4/h6-9,11H,10H2,1-5H3. The first kappa shape index (κ1) is 16.0. The van der Waals surface area contributed by atoms with Crippen LogP contribution >= 0.6 is 11.8 Å². The monoisotopic (exact) mass is 283 g/mol. The second-order valence-electron chi connectivity index (χ2n) is 5.63. The van der Waals surface area contributed by atoms with Crippen molar-refractivity contribution in [3.63, 3.8) is 0 Å². The van der Waals surface area contributed by atoms with Gasteiger partial charge in [-0.3, -0.25) is 4.79 Å². The molecule has 1 amide bonds. The molecule has 0 aromatic heterocycles. The van der Waals surface area contributed by atoms with E-state index in [1.54, 1.807) is 35.8 Å². The van der Waals surface area contributed by atoms with E-state index >= 15 is 0 Å². The summed E-state index contributed by atoms with van der Waals surface area (Å²) in [5.74, 6) is 0.302. The Morgan fingerprint density at radius 3 is 2.32 bits per heavy atom. The molecule has 0 radical (unpaired) electrons. The van der Waals surface area contributed by atoms with E-state index in [4.69, 9.17) is 0 Å². The highest BCUT2D eigenvalue weighted by molar-refractivity contribution is 8.01. The third-order valence-corrected chi connectivity index (χ3v) is 4.21.